The lowest BCUT2D eigenvalue weighted by Crippen LogP contribution is -2.32. The van der Waals surface area contributed by atoms with Crippen LogP contribution in [0.25, 0.3) is 0 Å². The first kappa shape index (κ1) is 8.50. The SMILES string of the molecule is CCO[C@@H]1OCCC[C@@H]1Br. The first-order chi connectivity index (χ1) is 4.84. The van der Waals surface area contributed by atoms with E-state index in [0.29, 0.717) is 4.83 Å². The Balaban J connectivity index is 2.25. The summed E-state index contributed by atoms with van der Waals surface area (Å²) in [4.78, 5) is 0.390. The van der Waals surface area contributed by atoms with E-state index in [1.807, 2.05) is 6.92 Å². The molecule has 0 amide bonds. The number of rotatable bonds is 2. The van der Waals surface area contributed by atoms with Gasteiger partial charge in [0.2, 0.25) is 0 Å². The van der Waals surface area contributed by atoms with Gasteiger partial charge in [0.05, 0.1) is 4.83 Å². The van der Waals surface area contributed by atoms with E-state index < -0.39 is 0 Å². The molecule has 0 unspecified atom stereocenters. The molecule has 1 aliphatic rings. The Kier molecular flexibility index (Phi) is 3.66. The predicted octanol–water partition coefficient (Wildman–Crippen LogP) is 1.92. The highest BCUT2D eigenvalue weighted by molar-refractivity contribution is 9.09. The Morgan fingerprint density at radius 1 is 1.70 bits per heavy atom. The minimum atomic E-state index is -0.0150. The summed E-state index contributed by atoms with van der Waals surface area (Å²) in [6.45, 7) is 3.55. The van der Waals surface area contributed by atoms with Gasteiger partial charge >= 0.3 is 0 Å². The molecular formula is C7H13BrO2. The van der Waals surface area contributed by atoms with E-state index in [2.05, 4.69) is 15.9 Å². The molecule has 0 aliphatic carbocycles. The van der Waals surface area contributed by atoms with E-state index in [-0.39, 0.29) is 6.29 Å². The van der Waals surface area contributed by atoms with Crippen LogP contribution in [-0.4, -0.2) is 24.3 Å². The zero-order chi connectivity index (χ0) is 7.40. The minimum Gasteiger partial charge on any atom is -0.352 e. The number of alkyl halides is 1. The van der Waals surface area contributed by atoms with Crippen LogP contribution in [0.2, 0.25) is 0 Å². The van der Waals surface area contributed by atoms with Gasteiger partial charge in [0, 0.05) is 13.2 Å². The molecule has 0 N–H and O–H groups in total. The van der Waals surface area contributed by atoms with E-state index in [1.165, 1.54) is 0 Å². The molecule has 0 spiro atoms. The molecule has 2 atom stereocenters. The Bertz CT molecular complexity index is 95.6. The van der Waals surface area contributed by atoms with E-state index in [9.17, 15) is 0 Å². The highest BCUT2D eigenvalue weighted by Gasteiger charge is 2.23. The molecule has 1 saturated heterocycles. The van der Waals surface area contributed by atoms with Crippen LogP contribution in [-0.2, 0) is 9.47 Å². The van der Waals surface area contributed by atoms with Crippen molar-refractivity contribution in [3.05, 3.63) is 0 Å². The van der Waals surface area contributed by atoms with Crippen LogP contribution >= 0.6 is 15.9 Å². The summed E-state index contributed by atoms with van der Waals surface area (Å²) in [5.74, 6) is 0. The normalized spacial score (nSPS) is 34.2. The second-order valence-electron chi connectivity index (χ2n) is 2.35. The lowest BCUT2D eigenvalue weighted by Gasteiger charge is -2.27. The fraction of sp³-hybridized carbons (Fsp3) is 1.00. The number of hydrogen-bond donors (Lipinski definition) is 0. The van der Waals surface area contributed by atoms with Crippen molar-refractivity contribution in [2.75, 3.05) is 13.2 Å². The van der Waals surface area contributed by atoms with Gasteiger partial charge in [-0.05, 0) is 19.8 Å². The summed E-state index contributed by atoms with van der Waals surface area (Å²) >= 11 is 3.51. The maximum atomic E-state index is 5.36. The van der Waals surface area contributed by atoms with Gasteiger partial charge in [-0.15, -0.1) is 0 Å². The molecule has 0 aromatic rings. The summed E-state index contributed by atoms with van der Waals surface area (Å²) in [5.41, 5.74) is 0. The molecule has 0 bridgehead atoms. The molecule has 10 heavy (non-hydrogen) atoms. The smallest absolute Gasteiger partial charge is 0.169 e. The van der Waals surface area contributed by atoms with Crippen molar-refractivity contribution >= 4 is 15.9 Å². The van der Waals surface area contributed by atoms with Crippen molar-refractivity contribution in [2.45, 2.75) is 30.9 Å². The molecule has 1 aliphatic heterocycles. The monoisotopic (exact) mass is 208 g/mol. The van der Waals surface area contributed by atoms with Gasteiger partial charge < -0.3 is 9.47 Å². The molecule has 1 heterocycles. The maximum absolute atomic E-state index is 5.36. The van der Waals surface area contributed by atoms with Gasteiger partial charge in [0.15, 0.2) is 6.29 Å². The van der Waals surface area contributed by atoms with E-state index in [4.69, 9.17) is 9.47 Å². The van der Waals surface area contributed by atoms with Gasteiger partial charge in [-0.3, -0.25) is 0 Å². The topological polar surface area (TPSA) is 18.5 Å². The zero-order valence-electron chi connectivity index (χ0n) is 6.18. The Morgan fingerprint density at radius 3 is 3.10 bits per heavy atom. The molecule has 0 aromatic carbocycles. The van der Waals surface area contributed by atoms with Gasteiger partial charge in [-0.2, -0.15) is 0 Å². The second kappa shape index (κ2) is 4.31. The van der Waals surface area contributed by atoms with Crippen LogP contribution in [0.3, 0.4) is 0 Å². The largest absolute Gasteiger partial charge is 0.352 e. The molecular weight excluding hydrogens is 196 g/mol. The van der Waals surface area contributed by atoms with Crippen molar-refractivity contribution in [1.29, 1.82) is 0 Å². The molecule has 60 valence electrons. The van der Waals surface area contributed by atoms with Gasteiger partial charge in [-0.25, -0.2) is 0 Å². The zero-order valence-corrected chi connectivity index (χ0v) is 7.76. The van der Waals surface area contributed by atoms with Crippen molar-refractivity contribution < 1.29 is 9.47 Å². The fourth-order valence-electron chi connectivity index (χ4n) is 1.04. The highest BCUT2D eigenvalue weighted by atomic mass is 79.9. The second-order valence-corrected chi connectivity index (χ2v) is 3.53. The molecule has 2 nitrogen and oxygen atoms in total. The summed E-state index contributed by atoms with van der Waals surface area (Å²) in [6.07, 6.45) is 2.28. The highest BCUT2D eigenvalue weighted by Crippen LogP contribution is 2.21. The van der Waals surface area contributed by atoms with Crippen LogP contribution in [0.1, 0.15) is 19.8 Å². The third-order valence-corrected chi connectivity index (χ3v) is 2.42. The minimum absolute atomic E-state index is 0.0150. The fourth-order valence-corrected chi connectivity index (χ4v) is 1.66. The Morgan fingerprint density at radius 2 is 2.50 bits per heavy atom. The number of hydrogen-bond acceptors (Lipinski definition) is 2. The predicted molar refractivity (Wildman–Crippen MR) is 43.3 cm³/mol. The quantitative estimate of drug-likeness (QED) is 0.647. The lowest BCUT2D eigenvalue weighted by molar-refractivity contribution is -0.153. The average Bonchev–Trinajstić information content (AvgIpc) is 1.94. The van der Waals surface area contributed by atoms with E-state index in [0.717, 1.165) is 26.1 Å². The Labute approximate surface area is 70.0 Å². The van der Waals surface area contributed by atoms with Crippen molar-refractivity contribution in [3.63, 3.8) is 0 Å². The van der Waals surface area contributed by atoms with Crippen LogP contribution in [0, 0.1) is 0 Å². The lowest BCUT2D eigenvalue weighted by atomic mass is 10.2. The maximum Gasteiger partial charge on any atom is 0.169 e. The van der Waals surface area contributed by atoms with Crippen LogP contribution in [0.5, 0.6) is 0 Å². The standard InChI is InChI=1S/C7H13BrO2/c1-2-9-7-6(8)4-3-5-10-7/h6-7H,2-5H2,1H3/t6-,7+/m0/s1. The van der Waals surface area contributed by atoms with E-state index in [1.54, 1.807) is 0 Å². The molecule has 1 fully saturated rings. The van der Waals surface area contributed by atoms with E-state index >= 15 is 0 Å². The van der Waals surface area contributed by atoms with Crippen LogP contribution in [0.15, 0.2) is 0 Å². The first-order valence-corrected chi connectivity index (χ1v) is 4.63. The third-order valence-electron chi connectivity index (χ3n) is 1.53. The van der Waals surface area contributed by atoms with Crippen LogP contribution in [0.4, 0.5) is 0 Å². The number of ether oxygens (including phenoxy) is 2. The molecule has 0 radical (unpaired) electrons. The molecule has 0 aromatic heterocycles. The average molecular weight is 209 g/mol. The molecule has 1 rings (SSSR count). The third kappa shape index (κ3) is 2.22. The molecule has 0 saturated carbocycles. The van der Waals surface area contributed by atoms with Crippen molar-refractivity contribution in [3.8, 4) is 0 Å². The first-order valence-electron chi connectivity index (χ1n) is 3.72. The summed E-state index contributed by atoms with van der Waals surface area (Å²) in [6, 6.07) is 0. The summed E-state index contributed by atoms with van der Waals surface area (Å²) < 4.78 is 10.7. The summed E-state index contributed by atoms with van der Waals surface area (Å²) in [7, 11) is 0. The Hall–Kier alpha value is 0.400. The van der Waals surface area contributed by atoms with Crippen molar-refractivity contribution in [2.24, 2.45) is 0 Å². The van der Waals surface area contributed by atoms with Crippen molar-refractivity contribution in [1.82, 2.24) is 0 Å². The summed E-state index contributed by atoms with van der Waals surface area (Å²) in [5, 5.41) is 0. The number of halogens is 1. The van der Waals surface area contributed by atoms with Gasteiger partial charge in [-0.1, -0.05) is 15.9 Å². The van der Waals surface area contributed by atoms with Gasteiger partial charge in [0.1, 0.15) is 0 Å². The van der Waals surface area contributed by atoms with Crippen LogP contribution < -0.4 is 0 Å². The molecule has 3 heteroatoms. The van der Waals surface area contributed by atoms with Gasteiger partial charge in [0.25, 0.3) is 0 Å².